The van der Waals surface area contributed by atoms with Crippen LogP contribution in [0.3, 0.4) is 0 Å². The van der Waals surface area contributed by atoms with Crippen LogP contribution in [0.4, 0.5) is 8.78 Å². The molecule has 0 heterocycles. The molecule has 0 aliphatic rings. The number of rotatable bonds is 6. The summed E-state index contributed by atoms with van der Waals surface area (Å²) in [6.07, 6.45) is -0.206. The highest BCUT2D eigenvalue weighted by Crippen LogP contribution is 2.17. The standard InChI is InChI=1S/C18H19F2NO2/c1-3-17(23-16-10-8-15(20)9-11-16)18(22)21-12(2)13-4-6-14(19)7-5-13/h4-12,17H,3H2,1-2H3,(H,21,22). The van der Waals surface area contributed by atoms with E-state index in [0.29, 0.717) is 12.2 Å². The van der Waals surface area contributed by atoms with Gasteiger partial charge in [0, 0.05) is 0 Å². The maximum atomic E-state index is 12.9. The number of amides is 1. The first-order chi connectivity index (χ1) is 11.0. The number of hydrogen-bond donors (Lipinski definition) is 1. The first-order valence-electron chi connectivity index (χ1n) is 7.47. The third-order valence-corrected chi connectivity index (χ3v) is 3.48. The highest BCUT2D eigenvalue weighted by Gasteiger charge is 2.20. The van der Waals surface area contributed by atoms with Gasteiger partial charge in [-0.15, -0.1) is 0 Å². The van der Waals surface area contributed by atoms with Crippen LogP contribution in [0.1, 0.15) is 31.9 Å². The summed E-state index contributed by atoms with van der Waals surface area (Å²) in [7, 11) is 0. The van der Waals surface area contributed by atoms with Crippen molar-refractivity contribution < 1.29 is 18.3 Å². The molecule has 3 nitrogen and oxygen atoms in total. The molecule has 0 aromatic heterocycles. The molecule has 0 spiro atoms. The SMILES string of the molecule is CCC(Oc1ccc(F)cc1)C(=O)NC(C)c1ccc(F)cc1. The Morgan fingerprint density at radius 3 is 2.09 bits per heavy atom. The summed E-state index contributed by atoms with van der Waals surface area (Å²) in [5, 5.41) is 2.84. The smallest absolute Gasteiger partial charge is 0.261 e. The molecular weight excluding hydrogens is 300 g/mol. The van der Waals surface area contributed by atoms with Gasteiger partial charge in [0.25, 0.3) is 5.91 Å². The highest BCUT2D eigenvalue weighted by molar-refractivity contribution is 5.81. The number of hydrogen-bond acceptors (Lipinski definition) is 2. The lowest BCUT2D eigenvalue weighted by Gasteiger charge is -2.20. The second kappa shape index (κ2) is 7.72. The lowest BCUT2D eigenvalue weighted by Crippen LogP contribution is -2.39. The zero-order valence-electron chi connectivity index (χ0n) is 13.1. The molecule has 0 aliphatic heterocycles. The molecule has 0 fully saturated rings. The summed E-state index contributed by atoms with van der Waals surface area (Å²) < 4.78 is 31.4. The van der Waals surface area contributed by atoms with Crippen molar-refractivity contribution in [3.8, 4) is 5.75 Å². The number of carbonyl (C=O) groups excluding carboxylic acids is 1. The van der Waals surface area contributed by atoms with E-state index in [-0.39, 0.29) is 23.6 Å². The Kier molecular flexibility index (Phi) is 5.68. The average molecular weight is 319 g/mol. The van der Waals surface area contributed by atoms with Gasteiger partial charge in [-0.05, 0) is 55.3 Å². The zero-order valence-corrected chi connectivity index (χ0v) is 13.1. The van der Waals surface area contributed by atoms with E-state index in [0.717, 1.165) is 5.56 Å². The Morgan fingerprint density at radius 1 is 1.04 bits per heavy atom. The number of benzene rings is 2. The molecule has 0 saturated heterocycles. The molecule has 2 aromatic rings. The summed E-state index contributed by atoms with van der Waals surface area (Å²) in [6, 6.07) is 11.2. The predicted molar refractivity (Wildman–Crippen MR) is 84.1 cm³/mol. The molecule has 122 valence electrons. The number of halogens is 2. The molecule has 23 heavy (non-hydrogen) atoms. The molecule has 2 unspecified atom stereocenters. The molecule has 0 bridgehead atoms. The van der Waals surface area contributed by atoms with Crippen molar-refractivity contribution in [2.45, 2.75) is 32.4 Å². The Morgan fingerprint density at radius 2 is 1.57 bits per heavy atom. The fraction of sp³-hybridized carbons (Fsp3) is 0.278. The Hall–Kier alpha value is -2.43. The molecule has 0 radical (unpaired) electrons. The van der Waals surface area contributed by atoms with E-state index < -0.39 is 6.10 Å². The molecule has 1 N–H and O–H groups in total. The van der Waals surface area contributed by atoms with Gasteiger partial charge in [-0.3, -0.25) is 4.79 Å². The van der Waals surface area contributed by atoms with Gasteiger partial charge >= 0.3 is 0 Å². The van der Waals surface area contributed by atoms with Crippen LogP contribution in [0.2, 0.25) is 0 Å². The van der Waals surface area contributed by atoms with E-state index in [1.54, 1.807) is 12.1 Å². The fourth-order valence-electron chi connectivity index (χ4n) is 2.14. The van der Waals surface area contributed by atoms with E-state index >= 15 is 0 Å². The highest BCUT2D eigenvalue weighted by atomic mass is 19.1. The minimum atomic E-state index is -0.677. The molecule has 0 aliphatic carbocycles. The lowest BCUT2D eigenvalue weighted by molar-refractivity contribution is -0.128. The van der Waals surface area contributed by atoms with E-state index in [4.69, 9.17) is 4.74 Å². The van der Waals surface area contributed by atoms with Crippen LogP contribution in [0, 0.1) is 11.6 Å². The van der Waals surface area contributed by atoms with Crippen molar-refractivity contribution in [3.05, 3.63) is 65.7 Å². The van der Waals surface area contributed by atoms with Gasteiger partial charge < -0.3 is 10.1 Å². The van der Waals surface area contributed by atoms with Crippen LogP contribution >= 0.6 is 0 Å². The van der Waals surface area contributed by atoms with Gasteiger partial charge in [-0.25, -0.2) is 8.78 Å². The Labute approximate surface area is 134 Å². The first kappa shape index (κ1) is 16.9. The van der Waals surface area contributed by atoms with Gasteiger partial charge in [0.2, 0.25) is 0 Å². The second-order valence-electron chi connectivity index (χ2n) is 5.25. The monoisotopic (exact) mass is 319 g/mol. The fourth-order valence-corrected chi connectivity index (χ4v) is 2.14. The van der Waals surface area contributed by atoms with Crippen LogP contribution in [0.15, 0.2) is 48.5 Å². The van der Waals surface area contributed by atoms with Gasteiger partial charge in [0.15, 0.2) is 6.10 Å². The van der Waals surface area contributed by atoms with Gasteiger partial charge in [-0.1, -0.05) is 19.1 Å². The number of ether oxygens (including phenoxy) is 1. The van der Waals surface area contributed by atoms with Crippen molar-refractivity contribution in [1.29, 1.82) is 0 Å². The summed E-state index contributed by atoms with van der Waals surface area (Å²) in [6.45, 7) is 3.64. The van der Waals surface area contributed by atoms with E-state index in [1.807, 2.05) is 13.8 Å². The maximum absolute atomic E-state index is 12.9. The molecule has 5 heteroatoms. The second-order valence-corrected chi connectivity index (χ2v) is 5.25. The van der Waals surface area contributed by atoms with Gasteiger partial charge in [-0.2, -0.15) is 0 Å². The van der Waals surface area contributed by atoms with E-state index in [9.17, 15) is 13.6 Å². The topological polar surface area (TPSA) is 38.3 Å². The van der Waals surface area contributed by atoms with Crippen molar-refractivity contribution in [2.24, 2.45) is 0 Å². The maximum Gasteiger partial charge on any atom is 0.261 e. The van der Waals surface area contributed by atoms with Crippen LogP contribution in [-0.4, -0.2) is 12.0 Å². The van der Waals surface area contributed by atoms with Gasteiger partial charge in [0.05, 0.1) is 6.04 Å². The van der Waals surface area contributed by atoms with Crippen LogP contribution < -0.4 is 10.1 Å². The lowest BCUT2D eigenvalue weighted by atomic mass is 10.1. The van der Waals surface area contributed by atoms with E-state index in [1.165, 1.54) is 36.4 Å². The van der Waals surface area contributed by atoms with Crippen molar-refractivity contribution >= 4 is 5.91 Å². The third kappa shape index (κ3) is 4.77. The van der Waals surface area contributed by atoms with Crippen LogP contribution in [-0.2, 0) is 4.79 Å². The number of nitrogens with one attached hydrogen (secondary N) is 1. The van der Waals surface area contributed by atoms with E-state index in [2.05, 4.69) is 5.32 Å². The molecule has 2 aromatic carbocycles. The summed E-state index contributed by atoms with van der Waals surface area (Å²) in [5.74, 6) is -0.519. The van der Waals surface area contributed by atoms with Crippen molar-refractivity contribution in [2.75, 3.05) is 0 Å². The average Bonchev–Trinajstić information content (AvgIpc) is 2.54. The quantitative estimate of drug-likeness (QED) is 0.874. The minimum Gasteiger partial charge on any atom is -0.481 e. The summed E-state index contributed by atoms with van der Waals surface area (Å²) >= 11 is 0. The number of carbonyl (C=O) groups is 1. The minimum absolute atomic E-state index is 0.269. The van der Waals surface area contributed by atoms with Crippen molar-refractivity contribution in [1.82, 2.24) is 5.32 Å². The normalized spacial score (nSPS) is 13.2. The third-order valence-electron chi connectivity index (χ3n) is 3.48. The first-order valence-corrected chi connectivity index (χ1v) is 7.47. The zero-order chi connectivity index (χ0) is 16.8. The molecule has 2 rings (SSSR count). The predicted octanol–water partition coefficient (Wildman–Crippen LogP) is 4.00. The van der Waals surface area contributed by atoms with Crippen LogP contribution in [0.5, 0.6) is 5.75 Å². The summed E-state index contributed by atoms with van der Waals surface area (Å²) in [4.78, 5) is 12.3. The molecule has 1 amide bonds. The molecule has 0 saturated carbocycles. The molecule has 2 atom stereocenters. The van der Waals surface area contributed by atoms with Gasteiger partial charge in [0.1, 0.15) is 17.4 Å². The largest absolute Gasteiger partial charge is 0.481 e. The van der Waals surface area contributed by atoms with Crippen LogP contribution in [0.25, 0.3) is 0 Å². The van der Waals surface area contributed by atoms with Crippen molar-refractivity contribution in [3.63, 3.8) is 0 Å². The Balaban J connectivity index is 1.99. The Bertz CT molecular complexity index is 641. The summed E-state index contributed by atoms with van der Waals surface area (Å²) in [5.41, 5.74) is 0.802. The molecular formula is C18H19F2NO2.